The fourth-order valence-corrected chi connectivity index (χ4v) is 2.24. The van der Waals surface area contributed by atoms with E-state index in [0.29, 0.717) is 11.3 Å². The highest BCUT2D eigenvalue weighted by atomic mass is 35.5. The minimum Gasteiger partial charge on any atom is -0.354 e. The first-order valence-corrected chi connectivity index (χ1v) is 5.80. The van der Waals surface area contributed by atoms with Crippen LogP contribution in [0, 0.1) is 5.92 Å². The van der Waals surface area contributed by atoms with Gasteiger partial charge in [-0.05, 0) is 43.4 Å². The molecule has 2 rings (SSSR count). The fourth-order valence-electron chi connectivity index (χ4n) is 2.09. The molecule has 1 saturated heterocycles. The Labute approximate surface area is 95.5 Å². The molecular weight excluding hydrogens is 210 g/mol. The quantitative estimate of drug-likeness (QED) is 0.689. The standard InChI is InChI=1S/C11H16ClN3/c1-8-3-4-9(2)15(7-8)10-5-6-13-11(12)14-10/h5-6,8-9H,3-4,7H2,1-2H3. The van der Waals surface area contributed by atoms with Gasteiger partial charge in [-0.15, -0.1) is 0 Å². The number of halogens is 1. The molecule has 1 aromatic rings. The van der Waals surface area contributed by atoms with Crippen molar-refractivity contribution in [2.45, 2.75) is 32.7 Å². The smallest absolute Gasteiger partial charge is 0.224 e. The van der Waals surface area contributed by atoms with Crippen LogP contribution in [0.3, 0.4) is 0 Å². The van der Waals surface area contributed by atoms with E-state index in [2.05, 4.69) is 28.7 Å². The molecule has 0 N–H and O–H groups in total. The molecule has 82 valence electrons. The van der Waals surface area contributed by atoms with E-state index in [1.54, 1.807) is 6.20 Å². The Kier molecular flexibility index (Phi) is 3.10. The lowest BCUT2D eigenvalue weighted by Gasteiger charge is -2.37. The van der Waals surface area contributed by atoms with Crippen molar-refractivity contribution in [1.29, 1.82) is 0 Å². The lowest BCUT2D eigenvalue weighted by Crippen LogP contribution is -2.41. The Morgan fingerprint density at radius 1 is 1.40 bits per heavy atom. The zero-order valence-electron chi connectivity index (χ0n) is 9.15. The summed E-state index contributed by atoms with van der Waals surface area (Å²) in [5.74, 6) is 1.68. The second-order valence-electron chi connectivity index (χ2n) is 4.37. The number of nitrogens with zero attached hydrogens (tertiary/aromatic N) is 3. The normalized spacial score (nSPS) is 26.7. The summed E-state index contributed by atoms with van der Waals surface area (Å²) in [7, 11) is 0. The van der Waals surface area contributed by atoms with Crippen LogP contribution in [0.1, 0.15) is 26.7 Å². The third kappa shape index (κ3) is 2.40. The predicted molar refractivity (Wildman–Crippen MR) is 62.2 cm³/mol. The number of aromatic nitrogens is 2. The Morgan fingerprint density at radius 2 is 2.20 bits per heavy atom. The van der Waals surface area contributed by atoms with E-state index in [9.17, 15) is 0 Å². The zero-order valence-corrected chi connectivity index (χ0v) is 9.91. The summed E-state index contributed by atoms with van der Waals surface area (Å²) in [5, 5.41) is 0.331. The largest absolute Gasteiger partial charge is 0.354 e. The molecule has 1 aliphatic heterocycles. The van der Waals surface area contributed by atoms with Gasteiger partial charge in [0.1, 0.15) is 5.82 Å². The third-order valence-electron chi connectivity index (χ3n) is 3.02. The molecule has 1 aromatic heterocycles. The highest BCUT2D eigenvalue weighted by molar-refractivity contribution is 6.28. The van der Waals surface area contributed by atoms with Crippen molar-refractivity contribution >= 4 is 17.4 Å². The summed E-state index contributed by atoms with van der Waals surface area (Å²) in [6.07, 6.45) is 4.25. The minimum absolute atomic E-state index is 0.331. The number of anilines is 1. The van der Waals surface area contributed by atoms with Crippen molar-refractivity contribution in [2.75, 3.05) is 11.4 Å². The summed E-state index contributed by atoms with van der Waals surface area (Å²) >= 11 is 5.80. The molecule has 4 heteroatoms. The van der Waals surface area contributed by atoms with E-state index < -0.39 is 0 Å². The summed E-state index contributed by atoms with van der Waals surface area (Å²) in [6.45, 7) is 5.58. The van der Waals surface area contributed by atoms with Crippen molar-refractivity contribution < 1.29 is 0 Å². The fraction of sp³-hybridized carbons (Fsp3) is 0.636. The first kappa shape index (κ1) is 10.7. The van der Waals surface area contributed by atoms with Gasteiger partial charge < -0.3 is 4.90 Å². The maximum Gasteiger partial charge on any atom is 0.224 e. The molecule has 0 radical (unpaired) electrons. The second kappa shape index (κ2) is 4.35. The molecule has 0 spiro atoms. The number of rotatable bonds is 1. The number of hydrogen-bond donors (Lipinski definition) is 0. The van der Waals surface area contributed by atoms with Crippen LogP contribution in [-0.2, 0) is 0 Å². The molecule has 0 aliphatic carbocycles. The lowest BCUT2D eigenvalue weighted by molar-refractivity contribution is 0.388. The van der Waals surface area contributed by atoms with Crippen LogP contribution in [0.15, 0.2) is 12.3 Å². The van der Waals surface area contributed by atoms with Gasteiger partial charge in [0, 0.05) is 18.8 Å². The van der Waals surface area contributed by atoms with Crippen molar-refractivity contribution in [3.8, 4) is 0 Å². The van der Waals surface area contributed by atoms with Gasteiger partial charge >= 0.3 is 0 Å². The van der Waals surface area contributed by atoms with Crippen molar-refractivity contribution in [1.82, 2.24) is 9.97 Å². The van der Waals surface area contributed by atoms with Gasteiger partial charge in [0.05, 0.1) is 0 Å². The minimum atomic E-state index is 0.331. The molecule has 1 fully saturated rings. The van der Waals surface area contributed by atoms with Crippen LogP contribution >= 0.6 is 11.6 Å². The molecule has 3 nitrogen and oxygen atoms in total. The van der Waals surface area contributed by atoms with Gasteiger partial charge in [0.15, 0.2) is 0 Å². The lowest BCUT2D eigenvalue weighted by atomic mass is 9.95. The van der Waals surface area contributed by atoms with E-state index in [4.69, 9.17) is 11.6 Å². The van der Waals surface area contributed by atoms with Gasteiger partial charge in [-0.1, -0.05) is 6.92 Å². The zero-order chi connectivity index (χ0) is 10.8. The second-order valence-corrected chi connectivity index (χ2v) is 4.71. The maximum absolute atomic E-state index is 5.80. The summed E-state index contributed by atoms with van der Waals surface area (Å²) in [6, 6.07) is 2.48. The molecule has 0 saturated carbocycles. The molecular formula is C11H16ClN3. The Balaban J connectivity index is 2.21. The van der Waals surface area contributed by atoms with E-state index in [1.165, 1.54) is 12.8 Å². The Morgan fingerprint density at radius 3 is 2.93 bits per heavy atom. The van der Waals surface area contributed by atoms with Gasteiger partial charge in [0.2, 0.25) is 5.28 Å². The molecule has 0 bridgehead atoms. The van der Waals surface area contributed by atoms with Crippen LogP contribution in [0.25, 0.3) is 0 Å². The van der Waals surface area contributed by atoms with Crippen molar-refractivity contribution in [3.05, 3.63) is 17.5 Å². The van der Waals surface area contributed by atoms with Crippen LogP contribution in [0.5, 0.6) is 0 Å². The van der Waals surface area contributed by atoms with Crippen LogP contribution in [0.2, 0.25) is 5.28 Å². The molecule has 2 atom stereocenters. The SMILES string of the molecule is CC1CCC(C)N(c2ccnc(Cl)n2)C1. The van der Waals surface area contributed by atoms with Crippen molar-refractivity contribution in [2.24, 2.45) is 5.92 Å². The Bertz CT molecular complexity index is 342. The molecule has 0 aromatic carbocycles. The Hall–Kier alpha value is -0.830. The van der Waals surface area contributed by atoms with Gasteiger partial charge in [-0.3, -0.25) is 0 Å². The van der Waals surface area contributed by atoms with E-state index in [-0.39, 0.29) is 0 Å². The first-order valence-electron chi connectivity index (χ1n) is 5.42. The molecule has 2 unspecified atom stereocenters. The summed E-state index contributed by atoms with van der Waals surface area (Å²) in [5.41, 5.74) is 0. The van der Waals surface area contributed by atoms with Gasteiger partial charge in [0.25, 0.3) is 0 Å². The molecule has 1 aliphatic rings. The van der Waals surface area contributed by atoms with Crippen LogP contribution in [0.4, 0.5) is 5.82 Å². The van der Waals surface area contributed by atoms with Gasteiger partial charge in [-0.25, -0.2) is 9.97 Å². The summed E-state index contributed by atoms with van der Waals surface area (Å²) < 4.78 is 0. The van der Waals surface area contributed by atoms with E-state index in [0.717, 1.165) is 18.3 Å². The number of piperidine rings is 1. The van der Waals surface area contributed by atoms with Gasteiger partial charge in [-0.2, -0.15) is 0 Å². The average molecular weight is 226 g/mol. The molecule has 2 heterocycles. The monoisotopic (exact) mass is 225 g/mol. The topological polar surface area (TPSA) is 29.0 Å². The number of hydrogen-bond acceptors (Lipinski definition) is 3. The van der Waals surface area contributed by atoms with E-state index >= 15 is 0 Å². The summed E-state index contributed by atoms with van der Waals surface area (Å²) in [4.78, 5) is 10.5. The van der Waals surface area contributed by atoms with Crippen molar-refractivity contribution in [3.63, 3.8) is 0 Å². The molecule has 0 amide bonds. The maximum atomic E-state index is 5.80. The average Bonchev–Trinajstić information content (AvgIpc) is 2.22. The van der Waals surface area contributed by atoms with Crippen LogP contribution in [-0.4, -0.2) is 22.6 Å². The highest BCUT2D eigenvalue weighted by Gasteiger charge is 2.23. The molecule has 15 heavy (non-hydrogen) atoms. The first-order chi connectivity index (χ1) is 7.16. The van der Waals surface area contributed by atoms with E-state index in [1.807, 2.05) is 6.07 Å². The van der Waals surface area contributed by atoms with Crippen LogP contribution < -0.4 is 4.90 Å². The predicted octanol–water partition coefficient (Wildman–Crippen LogP) is 2.75. The highest BCUT2D eigenvalue weighted by Crippen LogP contribution is 2.26. The third-order valence-corrected chi connectivity index (χ3v) is 3.21.